The number of benzene rings is 2. The molecule has 33 heavy (non-hydrogen) atoms. The van der Waals surface area contributed by atoms with E-state index in [9.17, 15) is 4.79 Å². The molecule has 4 aromatic rings. The summed E-state index contributed by atoms with van der Waals surface area (Å²) in [7, 11) is 3.12. The van der Waals surface area contributed by atoms with Crippen LogP contribution in [-0.4, -0.2) is 40.8 Å². The van der Waals surface area contributed by atoms with Crippen molar-refractivity contribution in [2.45, 2.75) is 6.54 Å². The fraction of sp³-hybridized carbons (Fsp3) is 0.208. The van der Waals surface area contributed by atoms with Crippen LogP contribution in [0.4, 0.5) is 5.82 Å². The molecule has 0 unspecified atom stereocenters. The van der Waals surface area contributed by atoms with E-state index in [1.807, 2.05) is 36.4 Å². The van der Waals surface area contributed by atoms with Crippen molar-refractivity contribution in [1.29, 1.82) is 0 Å². The molecule has 0 bridgehead atoms. The van der Waals surface area contributed by atoms with Crippen LogP contribution in [0.1, 0.15) is 16.1 Å². The summed E-state index contributed by atoms with van der Waals surface area (Å²) in [6.07, 6.45) is 1.47. The Labute approximate surface area is 196 Å². The van der Waals surface area contributed by atoms with Gasteiger partial charge in [-0.15, -0.1) is 0 Å². The van der Waals surface area contributed by atoms with E-state index in [0.717, 1.165) is 22.4 Å². The van der Waals surface area contributed by atoms with Crippen LogP contribution in [0.2, 0.25) is 5.02 Å². The van der Waals surface area contributed by atoms with Gasteiger partial charge in [-0.05, 0) is 48.0 Å². The van der Waals surface area contributed by atoms with Crippen LogP contribution >= 0.6 is 11.6 Å². The molecule has 2 aromatic heterocycles. The molecule has 0 fully saturated rings. The summed E-state index contributed by atoms with van der Waals surface area (Å²) >= 11 is 5.86. The molecule has 0 aliphatic rings. The quantitative estimate of drug-likeness (QED) is 0.287. The summed E-state index contributed by atoms with van der Waals surface area (Å²) in [6, 6.07) is 16.7. The highest BCUT2D eigenvalue weighted by Gasteiger charge is 2.17. The molecule has 1 N–H and O–H groups in total. The van der Waals surface area contributed by atoms with Crippen LogP contribution in [0.25, 0.3) is 11.0 Å². The molecular formula is C24H23ClN4O4. The van der Waals surface area contributed by atoms with E-state index in [-0.39, 0.29) is 0 Å². The van der Waals surface area contributed by atoms with Crippen molar-refractivity contribution >= 4 is 34.4 Å². The standard InChI is InChI=1S/C24H23ClN4O4/c1-29-21(24(30)31-2)13-20-22(27-15-28-23(20)29)26-14-16-3-7-18(8-4-16)32-11-12-33-19-9-5-17(25)6-10-19/h3-10,13,15H,11-12,14H2,1-2H3,(H,26,27,28). The van der Waals surface area contributed by atoms with Gasteiger partial charge in [0.1, 0.15) is 48.2 Å². The lowest BCUT2D eigenvalue weighted by molar-refractivity contribution is 0.0590. The summed E-state index contributed by atoms with van der Waals surface area (Å²) in [5, 5.41) is 4.73. The number of nitrogens with one attached hydrogen (secondary N) is 1. The van der Waals surface area contributed by atoms with Gasteiger partial charge in [0.2, 0.25) is 0 Å². The van der Waals surface area contributed by atoms with Crippen molar-refractivity contribution in [2.75, 3.05) is 25.6 Å². The number of carbonyl (C=O) groups is 1. The first kappa shape index (κ1) is 22.4. The highest BCUT2D eigenvalue weighted by Crippen LogP contribution is 2.24. The highest BCUT2D eigenvalue weighted by molar-refractivity contribution is 6.30. The lowest BCUT2D eigenvalue weighted by Crippen LogP contribution is -2.09. The van der Waals surface area contributed by atoms with E-state index in [1.165, 1.54) is 13.4 Å². The van der Waals surface area contributed by atoms with Gasteiger partial charge in [0.25, 0.3) is 0 Å². The highest BCUT2D eigenvalue weighted by atomic mass is 35.5. The summed E-state index contributed by atoms with van der Waals surface area (Å²) in [4.78, 5) is 20.6. The molecular weight excluding hydrogens is 444 g/mol. The van der Waals surface area contributed by atoms with Crippen LogP contribution in [0, 0.1) is 0 Å². The molecule has 0 aliphatic carbocycles. The molecule has 2 aromatic carbocycles. The van der Waals surface area contributed by atoms with Crippen LogP contribution in [0.15, 0.2) is 60.9 Å². The number of hydrogen-bond donors (Lipinski definition) is 1. The molecule has 0 saturated heterocycles. The van der Waals surface area contributed by atoms with Gasteiger partial charge in [-0.3, -0.25) is 0 Å². The molecule has 0 atom stereocenters. The smallest absolute Gasteiger partial charge is 0.354 e. The predicted octanol–water partition coefficient (Wildman–Crippen LogP) is 4.48. The SMILES string of the molecule is COC(=O)c1cc2c(NCc3ccc(OCCOc4ccc(Cl)cc4)cc3)ncnc2n1C. The zero-order valence-corrected chi connectivity index (χ0v) is 19.0. The number of esters is 1. The average Bonchev–Trinajstić information content (AvgIpc) is 3.19. The molecule has 0 radical (unpaired) electrons. The number of carbonyl (C=O) groups excluding carboxylic acids is 1. The van der Waals surface area contributed by atoms with E-state index in [4.69, 9.17) is 25.8 Å². The summed E-state index contributed by atoms with van der Waals surface area (Å²) < 4.78 is 17.9. The van der Waals surface area contributed by atoms with Gasteiger partial charge in [-0.2, -0.15) is 0 Å². The zero-order valence-electron chi connectivity index (χ0n) is 18.2. The van der Waals surface area contributed by atoms with E-state index in [2.05, 4.69) is 15.3 Å². The molecule has 9 heteroatoms. The monoisotopic (exact) mass is 466 g/mol. The van der Waals surface area contributed by atoms with Crippen molar-refractivity contribution in [1.82, 2.24) is 14.5 Å². The minimum atomic E-state index is -0.421. The zero-order chi connectivity index (χ0) is 23.2. The van der Waals surface area contributed by atoms with Gasteiger partial charge in [0.15, 0.2) is 0 Å². The van der Waals surface area contributed by atoms with E-state index in [1.54, 1.807) is 29.8 Å². The van der Waals surface area contributed by atoms with E-state index < -0.39 is 5.97 Å². The Morgan fingerprint density at radius 3 is 2.27 bits per heavy atom. The van der Waals surface area contributed by atoms with Crippen molar-refractivity contribution in [3.63, 3.8) is 0 Å². The number of rotatable bonds is 9. The summed E-state index contributed by atoms with van der Waals surface area (Å²) in [6.45, 7) is 1.41. The van der Waals surface area contributed by atoms with Crippen molar-refractivity contribution < 1.29 is 19.0 Å². The first-order valence-electron chi connectivity index (χ1n) is 10.3. The van der Waals surface area contributed by atoms with E-state index in [0.29, 0.717) is 41.9 Å². The van der Waals surface area contributed by atoms with Gasteiger partial charge in [0, 0.05) is 18.6 Å². The van der Waals surface area contributed by atoms with Gasteiger partial charge in [0.05, 0.1) is 12.5 Å². The molecule has 0 amide bonds. The van der Waals surface area contributed by atoms with Gasteiger partial charge >= 0.3 is 5.97 Å². The molecule has 4 rings (SSSR count). The van der Waals surface area contributed by atoms with Gasteiger partial charge in [-0.1, -0.05) is 23.7 Å². The minimum Gasteiger partial charge on any atom is -0.490 e. The lowest BCUT2D eigenvalue weighted by Gasteiger charge is -2.10. The fourth-order valence-electron chi connectivity index (χ4n) is 3.31. The summed E-state index contributed by atoms with van der Waals surface area (Å²) in [5.41, 5.74) is 2.12. The third-order valence-electron chi connectivity index (χ3n) is 5.04. The maximum Gasteiger partial charge on any atom is 0.354 e. The second-order valence-corrected chi connectivity index (χ2v) is 7.62. The number of fused-ring (bicyclic) bond motifs is 1. The molecule has 170 valence electrons. The van der Waals surface area contributed by atoms with Crippen LogP contribution in [0.3, 0.4) is 0 Å². The Morgan fingerprint density at radius 1 is 1.00 bits per heavy atom. The third kappa shape index (κ3) is 5.35. The number of aromatic nitrogens is 3. The fourth-order valence-corrected chi connectivity index (χ4v) is 3.44. The maximum atomic E-state index is 12.0. The Hall–Kier alpha value is -3.78. The molecule has 0 spiro atoms. The van der Waals surface area contributed by atoms with Crippen LogP contribution < -0.4 is 14.8 Å². The molecule has 2 heterocycles. The topological polar surface area (TPSA) is 87.5 Å². The number of nitrogens with zero attached hydrogens (tertiary/aromatic N) is 3. The average molecular weight is 467 g/mol. The number of aryl methyl sites for hydroxylation is 1. The minimum absolute atomic E-state index is 0.414. The second-order valence-electron chi connectivity index (χ2n) is 7.19. The van der Waals surface area contributed by atoms with Gasteiger partial charge in [-0.25, -0.2) is 14.8 Å². The Morgan fingerprint density at radius 2 is 1.64 bits per heavy atom. The lowest BCUT2D eigenvalue weighted by atomic mass is 10.2. The van der Waals surface area contributed by atoms with E-state index >= 15 is 0 Å². The number of halogens is 1. The second kappa shape index (κ2) is 10.2. The number of ether oxygens (including phenoxy) is 3. The van der Waals surface area contributed by atoms with Crippen molar-refractivity contribution in [2.24, 2.45) is 7.05 Å². The maximum absolute atomic E-state index is 12.0. The largest absolute Gasteiger partial charge is 0.490 e. The first-order valence-corrected chi connectivity index (χ1v) is 10.7. The number of anilines is 1. The Balaban J connectivity index is 1.31. The van der Waals surface area contributed by atoms with Crippen molar-refractivity contribution in [3.8, 4) is 11.5 Å². The molecule has 0 saturated carbocycles. The third-order valence-corrected chi connectivity index (χ3v) is 5.29. The van der Waals surface area contributed by atoms with Crippen molar-refractivity contribution in [3.05, 3.63) is 77.2 Å². The first-order chi connectivity index (χ1) is 16.0. The Kier molecular flexibility index (Phi) is 6.95. The normalized spacial score (nSPS) is 10.8. The van der Waals surface area contributed by atoms with Gasteiger partial charge < -0.3 is 24.1 Å². The number of methoxy groups -OCH3 is 1. The predicted molar refractivity (Wildman–Crippen MR) is 126 cm³/mol. The number of hydrogen-bond acceptors (Lipinski definition) is 7. The molecule has 8 nitrogen and oxygen atoms in total. The van der Waals surface area contributed by atoms with Crippen LogP contribution in [-0.2, 0) is 18.3 Å². The summed E-state index contributed by atoms with van der Waals surface area (Å²) in [5.74, 6) is 1.73. The Bertz CT molecular complexity index is 1240. The van der Waals surface area contributed by atoms with Crippen LogP contribution in [0.5, 0.6) is 11.5 Å². The molecule has 0 aliphatic heterocycles.